The number of carbonyl (C=O) groups is 2. The molecule has 1 saturated heterocycles. The lowest BCUT2D eigenvalue weighted by Gasteiger charge is -2.32. The standard InChI is InChI=1S/C21H24N2O3/c1-26-19-5-3-2-4-18(19)14-15-10-12-23(13-11-15)21(25)17-8-6-16(7-9-17)20(22)24/h2-9,15H,10-14H2,1H3,(H2,22,24). The molecule has 2 N–H and O–H groups in total. The van der Waals surface area contributed by atoms with E-state index in [9.17, 15) is 9.59 Å². The Labute approximate surface area is 153 Å². The van der Waals surface area contributed by atoms with Crippen molar-refractivity contribution in [2.24, 2.45) is 11.7 Å². The average Bonchev–Trinajstić information content (AvgIpc) is 2.68. The summed E-state index contributed by atoms with van der Waals surface area (Å²) >= 11 is 0. The van der Waals surface area contributed by atoms with Crippen molar-refractivity contribution in [2.45, 2.75) is 19.3 Å². The van der Waals surface area contributed by atoms with E-state index in [0.717, 1.165) is 38.1 Å². The topological polar surface area (TPSA) is 72.6 Å². The Morgan fingerprint density at radius 2 is 1.65 bits per heavy atom. The first kappa shape index (κ1) is 18.0. The maximum atomic E-state index is 12.6. The van der Waals surface area contributed by atoms with Gasteiger partial charge in [-0.3, -0.25) is 9.59 Å². The normalized spacial score (nSPS) is 14.9. The summed E-state index contributed by atoms with van der Waals surface area (Å²) in [4.78, 5) is 25.7. The van der Waals surface area contributed by atoms with Crippen LogP contribution in [-0.4, -0.2) is 36.9 Å². The van der Waals surface area contributed by atoms with Gasteiger partial charge in [-0.15, -0.1) is 0 Å². The fourth-order valence-corrected chi connectivity index (χ4v) is 3.48. The van der Waals surface area contributed by atoms with Crippen molar-refractivity contribution in [2.75, 3.05) is 20.2 Å². The molecule has 0 spiro atoms. The van der Waals surface area contributed by atoms with Crippen molar-refractivity contribution in [3.05, 3.63) is 65.2 Å². The molecule has 0 aliphatic carbocycles. The minimum atomic E-state index is -0.485. The number of hydrogen-bond acceptors (Lipinski definition) is 3. The third-order valence-corrected chi connectivity index (χ3v) is 5.02. The second-order valence-electron chi connectivity index (χ2n) is 6.69. The molecule has 2 aromatic carbocycles. The molecule has 1 aliphatic rings. The van der Waals surface area contributed by atoms with E-state index < -0.39 is 5.91 Å². The molecule has 1 heterocycles. The summed E-state index contributed by atoms with van der Waals surface area (Å²) in [6.45, 7) is 1.49. The Kier molecular flexibility index (Phi) is 5.56. The monoisotopic (exact) mass is 352 g/mol. The third kappa shape index (κ3) is 4.04. The first-order valence-corrected chi connectivity index (χ1v) is 8.89. The molecule has 3 rings (SSSR count). The van der Waals surface area contributed by atoms with Gasteiger partial charge < -0.3 is 15.4 Å². The molecule has 0 saturated carbocycles. The number of nitrogens with zero attached hydrogens (tertiary/aromatic N) is 1. The van der Waals surface area contributed by atoms with Crippen molar-refractivity contribution in [1.29, 1.82) is 0 Å². The Morgan fingerprint density at radius 3 is 2.27 bits per heavy atom. The zero-order valence-electron chi connectivity index (χ0n) is 15.0. The predicted molar refractivity (Wildman–Crippen MR) is 100 cm³/mol. The number of methoxy groups -OCH3 is 1. The van der Waals surface area contributed by atoms with Crippen molar-refractivity contribution in [1.82, 2.24) is 4.90 Å². The highest BCUT2D eigenvalue weighted by Gasteiger charge is 2.24. The molecule has 0 bridgehead atoms. The quantitative estimate of drug-likeness (QED) is 0.899. The second kappa shape index (κ2) is 8.04. The van der Waals surface area contributed by atoms with E-state index in [2.05, 4.69) is 6.07 Å². The Hall–Kier alpha value is -2.82. The summed E-state index contributed by atoms with van der Waals surface area (Å²) in [6.07, 6.45) is 2.92. The van der Waals surface area contributed by atoms with E-state index in [1.54, 1.807) is 31.4 Å². The minimum absolute atomic E-state index is 0.0109. The predicted octanol–water partition coefficient (Wildman–Crippen LogP) is 2.89. The van der Waals surface area contributed by atoms with Gasteiger partial charge in [0.25, 0.3) is 5.91 Å². The number of para-hydroxylation sites is 1. The maximum absolute atomic E-state index is 12.6. The van der Waals surface area contributed by atoms with Crippen LogP contribution in [0.5, 0.6) is 5.75 Å². The fourth-order valence-electron chi connectivity index (χ4n) is 3.48. The number of primary amides is 1. The second-order valence-corrected chi connectivity index (χ2v) is 6.69. The van der Waals surface area contributed by atoms with Crippen LogP contribution in [0.25, 0.3) is 0 Å². The lowest BCUT2D eigenvalue weighted by molar-refractivity contribution is 0.0690. The molecule has 5 heteroatoms. The van der Waals surface area contributed by atoms with Crippen molar-refractivity contribution in [3.8, 4) is 5.75 Å². The van der Waals surface area contributed by atoms with Crippen LogP contribution in [0.2, 0.25) is 0 Å². The van der Waals surface area contributed by atoms with Crippen LogP contribution in [0.15, 0.2) is 48.5 Å². The third-order valence-electron chi connectivity index (χ3n) is 5.02. The zero-order valence-corrected chi connectivity index (χ0v) is 15.0. The molecule has 0 aromatic heterocycles. The number of nitrogens with two attached hydrogens (primary N) is 1. The summed E-state index contributed by atoms with van der Waals surface area (Å²) in [5.74, 6) is 1.01. The van der Waals surface area contributed by atoms with Gasteiger partial charge in [0.2, 0.25) is 5.91 Å². The molecule has 2 aromatic rings. The lowest BCUT2D eigenvalue weighted by atomic mass is 9.89. The summed E-state index contributed by atoms with van der Waals surface area (Å²) in [6, 6.07) is 14.7. The van der Waals surface area contributed by atoms with Gasteiger partial charge in [-0.1, -0.05) is 18.2 Å². The van der Waals surface area contributed by atoms with Crippen molar-refractivity contribution < 1.29 is 14.3 Å². The first-order valence-electron chi connectivity index (χ1n) is 8.89. The largest absolute Gasteiger partial charge is 0.496 e. The summed E-state index contributed by atoms with van der Waals surface area (Å²) in [7, 11) is 1.70. The summed E-state index contributed by atoms with van der Waals surface area (Å²) in [5, 5.41) is 0. The lowest BCUT2D eigenvalue weighted by Crippen LogP contribution is -2.38. The molecular formula is C21H24N2O3. The van der Waals surface area contributed by atoms with E-state index in [0.29, 0.717) is 17.0 Å². The number of benzene rings is 2. The van der Waals surface area contributed by atoms with Gasteiger partial charge in [0.1, 0.15) is 5.75 Å². The van der Waals surface area contributed by atoms with Crippen LogP contribution in [0.3, 0.4) is 0 Å². The number of carbonyl (C=O) groups excluding carboxylic acids is 2. The maximum Gasteiger partial charge on any atom is 0.253 e. The number of piperidine rings is 1. The van der Waals surface area contributed by atoms with Gasteiger partial charge in [0.05, 0.1) is 7.11 Å². The molecule has 5 nitrogen and oxygen atoms in total. The van der Waals surface area contributed by atoms with Gasteiger partial charge in [-0.25, -0.2) is 0 Å². The number of hydrogen-bond donors (Lipinski definition) is 1. The van der Waals surface area contributed by atoms with Crippen LogP contribution < -0.4 is 10.5 Å². The molecule has 0 unspecified atom stereocenters. The fraction of sp³-hybridized carbons (Fsp3) is 0.333. The van der Waals surface area contributed by atoms with E-state index in [1.807, 2.05) is 23.1 Å². The molecular weight excluding hydrogens is 328 g/mol. The number of likely N-dealkylation sites (tertiary alicyclic amines) is 1. The Balaban J connectivity index is 1.57. The number of rotatable bonds is 5. The van der Waals surface area contributed by atoms with Crippen LogP contribution in [0.4, 0.5) is 0 Å². The highest BCUT2D eigenvalue weighted by Crippen LogP contribution is 2.27. The zero-order chi connectivity index (χ0) is 18.5. The highest BCUT2D eigenvalue weighted by atomic mass is 16.5. The summed E-state index contributed by atoms with van der Waals surface area (Å²) < 4.78 is 5.43. The van der Waals surface area contributed by atoms with Gasteiger partial charge >= 0.3 is 0 Å². The SMILES string of the molecule is COc1ccccc1CC1CCN(C(=O)c2ccc(C(N)=O)cc2)CC1. The van der Waals surface area contributed by atoms with Crippen LogP contribution in [0, 0.1) is 5.92 Å². The van der Waals surface area contributed by atoms with E-state index in [4.69, 9.17) is 10.5 Å². The smallest absolute Gasteiger partial charge is 0.253 e. The van der Waals surface area contributed by atoms with Gasteiger partial charge in [0.15, 0.2) is 0 Å². The minimum Gasteiger partial charge on any atom is -0.496 e. The molecule has 1 fully saturated rings. The van der Waals surface area contributed by atoms with Crippen LogP contribution in [0.1, 0.15) is 39.1 Å². The van der Waals surface area contributed by atoms with Crippen molar-refractivity contribution in [3.63, 3.8) is 0 Å². The van der Waals surface area contributed by atoms with Crippen LogP contribution in [-0.2, 0) is 6.42 Å². The molecule has 26 heavy (non-hydrogen) atoms. The first-order chi connectivity index (χ1) is 12.6. The molecule has 0 radical (unpaired) electrons. The van der Waals surface area contributed by atoms with E-state index in [1.165, 1.54) is 5.56 Å². The summed E-state index contributed by atoms with van der Waals surface area (Å²) in [5.41, 5.74) is 7.47. The molecule has 136 valence electrons. The highest BCUT2D eigenvalue weighted by molar-refractivity contribution is 5.97. The molecule has 0 atom stereocenters. The van der Waals surface area contributed by atoms with Crippen molar-refractivity contribution >= 4 is 11.8 Å². The number of ether oxygens (including phenoxy) is 1. The molecule has 2 amide bonds. The number of amides is 2. The van der Waals surface area contributed by atoms with E-state index >= 15 is 0 Å². The Bertz CT molecular complexity index is 778. The van der Waals surface area contributed by atoms with Gasteiger partial charge in [-0.05, 0) is 61.1 Å². The van der Waals surface area contributed by atoms with Crippen LogP contribution >= 0.6 is 0 Å². The van der Waals surface area contributed by atoms with Gasteiger partial charge in [-0.2, -0.15) is 0 Å². The molecule has 1 aliphatic heterocycles. The Morgan fingerprint density at radius 1 is 1.04 bits per heavy atom. The average molecular weight is 352 g/mol. The van der Waals surface area contributed by atoms with Gasteiger partial charge in [0, 0.05) is 24.2 Å². The van der Waals surface area contributed by atoms with E-state index in [-0.39, 0.29) is 5.91 Å².